The minimum absolute atomic E-state index is 0.506. The molecule has 1 aromatic rings. The smallest absolute Gasteiger partial charge is 0.412 e. The molecule has 0 saturated heterocycles. The first-order valence-corrected chi connectivity index (χ1v) is 6.17. The number of carbonyl (C=O) groups excluding carboxylic acids is 1. The van der Waals surface area contributed by atoms with Crippen molar-refractivity contribution in [2.24, 2.45) is 0 Å². The SMILES string of the molecule is CC(C)(C)OC(=O)Nc1cncc(Br)c1Br. The van der Waals surface area contributed by atoms with Crippen LogP contribution < -0.4 is 5.32 Å². The number of halogens is 2. The number of amides is 1. The Bertz CT molecular complexity index is 402. The average Bonchev–Trinajstić information content (AvgIpc) is 2.09. The highest BCUT2D eigenvalue weighted by Crippen LogP contribution is 2.29. The van der Waals surface area contributed by atoms with Gasteiger partial charge >= 0.3 is 6.09 Å². The van der Waals surface area contributed by atoms with Crippen molar-refractivity contribution in [2.45, 2.75) is 26.4 Å². The molecule has 0 aromatic carbocycles. The fraction of sp³-hybridized carbons (Fsp3) is 0.400. The number of hydrogen-bond acceptors (Lipinski definition) is 3. The van der Waals surface area contributed by atoms with Crippen LogP contribution in [0, 0.1) is 0 Å². The van der Waals surface area contributed by atoms with Gasteiger partial charge in [0.15, 0.2) is 0 Å². The van der Waals surface area contributed by atoms with Crippen molar-refractivity contribution in [2.75, 3.05) is 5.32 Å². The number of hydrogen-bond donors (Lipinski definition) is 1. The normalized spacial score (nSPS) is 11.1. The minimum Gasteiger partial charge on any atom is -0.444 e. The van der Waals surface area contributed by atoms with Gasteiger partial charge in [-0.05, 0) is 52.6 Å². The maximum absolute atomic E-state index is 11.5. The summed E-state index contributed by atoms with van der Waals surface area (Å²) in [5, 5.41) is 2.61. The molecule has 4 nitrogen and oxygen atoms in total. The van der Waals surface area contributed by atoms with Crippen molar-refractivity contribution in [3.05, 3.63) is 21.3 Å². The molecule has 0 aliphatic carbocycles. The van der Waals surface area contributed by atoms with E-state index in [2.05, 4.69) is 42.2 Å². The van der Waals surface area contributed by atoms with E-state index < -0.39 is 11.7 Å². The second-order valence-corrected chi connectivity index (χ2v) is 5.76. The van der Waals surface area contributed by atoms with Gasteiger partial charge in [0.05, 0.1) is 20.8 Å². The van der Waals surface area contributed by atoms with Gasteiger partial charge < -0.3 is 4.74 Å². The van der Waals surface area contributed by atoms with E-state index in [1.54, 1.807) is 33.2 Å². The number of carbonyl (C=O) groups is 1. The van der Waals surface area contributed by atoms with Gasteiger partial charge in [-0.3, -0.25) is 10.3 Å². The largest absolute Gasteiger partial charge is 0.444 e. The molecule has 0 radical (unpaired) electrons. The summed E-state index contributed by atoms with van der Waals surface area (Å²) in [5.41, 5.74) is 0.0411. The maximum atomic E-state index is 11.5. The molecule has 1 aromatic heterocycles. The van der Waals surface area contributed by atoms with Crippen molar-refractivity contribution in [1.29, 1.82) is 0 Å². The number of nitrogens with zero attached hydrogens (tertiary/aromatic N) is 1. The van der Waals surface area contributed by atoms with Crippen molar-refractivity contribution in [3.8, 4) is 0 Å². The molecule has 1 amide bonds. The van der Waals surface area contributed by atoms with E-state index in [1.807, 2.05) is 0 Å². The van der Waals surface area contributed by atoms with Crippen molar-refractivity contribution in [1.82, 2.24) is 4.98 Å². The van der Waals surface area contributed by atoms with Gasteiger partial charge in [0, 0.05) is 6.20 Å². The van der Waals surface area contributed by atoms with Gasteiger partial charge in [-0.1, -0.05) is 0 Å². The summed E-state index contributed by atoms with van der Waals surface area (Å²) < 4.78 is 6.62. The van der Waals surface area contributed by atoms with Crippen molar-refractivity contribution < 1.29 is 9.53 Å². The summed E-state index contributed by atoms with van der Waals surface area (Å²) in [6.07, 6.45) is 2.66. The summed E-state index contributed by atoms with van der Waals surface area (Å²) in [6.45, 7) is 5.42. The van der Waals surface area contributed by atoms with Gasteiger partial charge in [-0.15, -0.1) is 0 Å². The highest BCUT2D eigenvalue weighted by molar-refractivity contribution is 9.13. The second-order valence-electron chi connectivity index (χ2n) is 4.11. The van der Waals surface area contributed by atoms with E-state index in [9.17, 15) is 4.79 Å². The number of aromatic nitrogens is 1. The summed E-state index contributed by atoms with van der Waals surface area (Å²) in [6, 6.07) is 0. The molecule has 0 atom stereocenters. The first-order chi connectivity index (χ1) is 7.29. The standard InChI is InChI=1S/C10H12Br2N2O2/c1-10(2,3)16-9(15)14-7-5-13-4-6(11)8(7)12/h4-5H,1-3H3,(H,14,15). The number of pyridine rings is 1. The van der Waals surface area contributed by atoms with Crippen LogP contribution in [0.3, 0.4) is 0 Å². The van der Waals surface area contributed by atoms with E-state index in [0.717, 1.165) is 8.95 Å². The molecule has 0 unspecified atom stereocenters. The summed E-state index contributed by atoms with van der Waals surface area (Å²) in [4.78, 5) is 15.4. The van der Waals surface area contributed by atoms with E-state index in [4.69, 9.17) is 4.74 Å². The number of nitrogens with one attached hydrogen (secondary N) is 1. The molecule has 0 aliphatic heterocycles. The van der Waals surface area contributed by atoms with Gasteiger partial charge in [-0.2, -0.15) is 0 Å². The molecule has 0 fully saturated rings. The Balaban J connectivity index is 2.74. The molecule has 1 N–H and O–H groups in total. The van der Waals surface area contributed by atoms with Gasteiger partial charge in [0.25, 0.3) is 0 Å². The number of anilines is 1. The maximum Gasteiger partial charge on any atom is 0.412 e. The Morgan fingerprint density at radius 3 is 2.56 bits per heavy atom. The lowest BCUT2D eigenvalue weighted by molar-refractivity contribution is 0.0636. The van der Waals surface area contributed by atoms with Crippen LogP contribution in [0.2, 0.25) is 0 Å². The lowest BCUT2D eigenvalue weighted by atomic mass is 10.2. The summed E-state index contributed by atoms with van der Waals surface area (Å²) >= 11 is 6.63. The molecular weight excluding hydrogens is 340 g/mol. The lowest BCUT2D eigenvalue weighted by Crippen LogP contribution is -2.27. The predicted octanol–water partition coefficient (Wildman–Crippen LogP) is 3.95. The lowest BCUT2D eigenvalue weighted by Gasteiger charge is -2.19. The fourth-order valence-corrected chi connectivity index (χ4v) is 1.56. The van der Waals surface area contributed by atoms with E-state index in [-0.39, 0.29) is 0 Å². The number of rotatable bonds is 1. The Morgan fingerprint density at radius 2 is 2.00 bits per heavy atom. The van der Waals surface area contributed by atoms with Crippen LogP contribution >= 0.6 is 31.9 Å². The molecular formula is C10H12Br2N2O2. The molecule has 0 aliphatic rings. The molecule has 6 heteroatoms. The van der Waals surface area contributed by atoms with Crippen LogP contribution in [-0.4, -0.2) is 16.7 Å². The highest BCUT2D eigenvalue weighted by atomic mass is 79.9. The molecule has 88 valence electrons. The summed E-state index contributed by atoms with van der Waals surface area (Å²) in [5.74, 6) is 0. The van der Waals surface area contributed by atoms with Gasteiger partial charge in [0.1, 0.15) is 5.60 Å². The monoisotopic (exact) mass is 350 g/mol. The third-order valence-electron chi connectivity index (χ3n) is 1.47. The second kappa shape index (κ2) is 5.14. The topological polar surface area (TPSA) is 51.2 Å². The van der Waals surface area contributed by atoms with Crippen LogP contribution in [0.5, 0.6) is 0 Å². The molecule has 1 rings (SSSR count). The third-order valence-corrected chi connectivity index (χ3v) is 3.46. The number of ether oxygens (including phenoxy) is 1. The van der Waals surface area contributed by atoms with Crippen LogP contribution in [-0.2, 0) is 4.74 Å². The Morgan fingerprint density at radius 1 is 1.38 bits per heavy atom. The Labute approximate surface area is 111 Å². The van der Waals surface area contributed by atoms with Crippen molar-refractivity contribution >= 4 is 43.6 Å². The summed E-state index contributed by atoms with van der Waals surface area (Å²) in [7, 11) is 0. The van der Waals surface area contributed by atoms with E-state index in [1.165, 1.54) is 0 Å². The van der Waals surface area contributed by atoms with Crippen LogP contribution in [0.15, 0.2) is 21.3 Å². The average molecular weight is 352 g/mol. The molecule has 0 saturated carbocycles. The molecule has 0 bridgehead atoms. The Hall–Kier alpha value is -0.620. The van der Waals surface area contributed by atoms with Gasteiger partial charge in [0.2, 0.25) is 0 Å². The zero-order valence-electron chi connectivity index (χ0n) is 9.17. The quantitative estimate of drug-likeness (QED) is 0.833. The third kappa shape index (κ3) is 4.09. The van der Waals surface area contributed by atoms with E-state index >= 15 is 0 Å². The first kappa shape index (κ1) is 13.4. The van der Waals surface area contributed by atoms with Crippen LogP contribution in [0.4, 0.5) is 10.5 Å². The highest BCUT2D eigenvalue weighted by Gasteiger charge is 2.17. The zero-order valence-corrected chi connectivity index (χ0v) is 12.3. The fourth-order valence-electron chi connectivity index (χ4n) is 0.920. The zero-order chi connectivity index (χ0) is 12.3. The minimum atomic E-state index is -0.518. The first-order valence-electron chi connectivity index (χ1n) is 4.58. The van der Waals surface area contributed by atoms with E-state index in [0.29, 0.717) is 5.69 Å². The van der Waals surface area contributed by atoms with Crippen LogP contribution in [0.25, 0.3) is 0 Å². The molecule has 0 spiro atoms. The van der Waals surface area contributed by atoms with Gasteiger partial charge in [-0.25, -0.2) is 4.79 Å². The van der Waals surface area contributed by atoms with Crippen molar-refractivity contribution in [3.63, 3.8) is 0 Å². The predicted molar refractivity (Wildman–Crippen MR) is 69.5 cm³/mol. The Kier molecular flexibility index (Phi) is 4.32. The van der Waals surface area contributed by atoms with Crippen LogP contribution in [0.1, 0.15) is 20.8 Å². The molecule has 1 heterocycles. The molecule has 16 heavy (non-hydrogen) atoms.